The van der Waals surface area contributed by atoms with Crippen molar-refractivity contribution in [2.75, 3.05) is 20.2 Å². The van der Waals surface area contributed by atoms with Crippen LogP contribution in [0.25, 0.3) is 0 Å². The molecule has 0 radical (unpaired) electrons. The number of hydrogen-bond donors (Lipinski definition) is 1. The molecule has 0 bridgehead atoms. The predicted molar refractivity (Wildman–Crippen MR) is 71.3 cm³/mol. The third-order valence-corrected chi connectivity index (χ3v) is 2.97. The van der Waals surface area contributed by atoms with Crippen LogP contribution in [0.2, 0.25) is 5.02 Å². The summed E-state index contributed by atoms with van der Waals surface area (Å²) in [6, 6.07) is 6.74. The third kappa shape index (κ3) is 4.94. The van der Waals surface area contributed by atoms with Gasteiger partial charge >= 0.3 is 5.97 Å². The highest BCUT2D eigenvalue weighted by Crippen LogP contribution is 2.17. The third-order valence-electron chi connectivity index (χ3n) is 2.74. The second-order valence-corrected chi connectivity index (χ2v) is 4.59. The maximum Gasteiger partial charge on any atom is 0.320 e. The summed E-state index contributed by atoms with van der Waals surface area (Å²) in [6.45, 7) is 2.88. The van der Waals surface area contributed by atoms with Crippen molar-refractivity contribution in [2.45, 2.75) is 19.4 Å². The highest BCUT2D eigenvalue weighted by atomic mass is 35.5. The Labute approximate surface area is 112 Å². The molecule has 0 saturated carbocycles. The van der Waals surface area contributed by atoms with Crippen LogP contribution in [0, 0.1) is 0 Å². The summed E-state index contributed by atoms with van der Waals surface area (Å²) in [4.78, 5) is 12.5. The first-order valence-corrected chi connectivity index (χ1v) is 6.20. The van der Waals surface area contributed by atoms with E-state index < -0.39 is 12.0 Å². The maximum absolute atomic E-state index is 10.7. The van der Waals surface area contributed by atoms with E-state index in [1.165, 1.54) is 0 Å². The number of carbonyl (C=O) groups is 1. The Kier molecular flexibility index (Phi) is 5.95. The van der Waals surface area contributed by atoms with Crippen LogP contribution >= 0.6 is 11.6 Å². The molecule has 1 atom stereocenters. The largest absolute Gasteiger partial charge is 0.493 e. The zero-order valence-electron chi connectivity index (χ0n) is 10.6. The molecular formula is C13H18ClNO3. The van der Waals surface area contributed by atoms with E-state index in [1.807, 2.05) is 12.1 Å². The van der Waals surface area contributed by atoms with Crippen LogP contribution < -0.4 is 4.74 Å². The van der Waals surface area contributed by atoms with Crippen LogP contribution in [0.1, 0.15) is 13.3 Å². The average Bonchev–Trinajstić information content (AvgIpc) is 2.33. The van der Waals surface area contributed by atoms with Gasteiger partial charge in [-0.05, 0) is 38.6 Å². The number of rotatable bonds is 7. The van der Waals surface area contributed by atoms with E-state index in [1.54, 1.807) is 31.0 Å². The predicted octanol–water partition coefficient (Wildman–Crippen LogP) is 2.51. The van der Waals surface area contributed by atoms with Crippen molar-refractivity contribution in [1.29, 1.82) is 0 Å². The van der Waals surface area contributed by atoms with Crippen molar-refractivity contribution in [3.63, 3.8) is 0 Å². The number of hydrogen-bond acceptors (Lipinski definition) is 3. The molecule has 0 heterocycles. The van der Waals surface area contributed by atoms with E-state index in [4.69, 9.17) is 21.4 Å². The summed E-state index contributed by atoms with van der Waals surface area (Å²) in [6.07, 6.45) is 0.765. The Morgan fingerprint density at radius 2 is 2.28 bits per heavy atom. The number of aliphatic carboxylic acids is 1. The summed E-state index contributed by atoms with van der Waals surface area (Å²) < 4.78 is 5.52. The van der Waals surface area contributed by atoms with Gasteiger partial charge in [-0.3, -0.25) is 9.69 Å². The normalized spacial score (nSPS) is 12.4. The fourth-order valence-electron chi connectivity index (χ4n) is 1.44. The standard InChI is InChI=1S/C13H18ClNO3/c1-10(13(16)17)15(2)7-4-8-18-12-6-3-5-11(14)9-12/h3,5-6,9-10H,4,7-8H2,1-2H3,(H,16,17). The number of carboxylic acids is 1. The molecule has 5 heteroatoms. The molecule has 100 valence electrons. The molecule has 4 nitrogen and oxygen atoms in total. The minimum Gasteiger partial charge on any atom is -0.493 e. The number of benzene rings is 1. The van der Waals surface area contributed by atoms with E-state index in [9.17, 15) is 4.79 Å². The molecule has 0 aliphatic carbocycles. The van der Waals surface area contributed by atoms with Gasteiger partial charge in [-0.15, -0.1) is 0 Å². The van der Waals surface area contributed by atoms with Gasteiger partial charge in [0.25, 0.3) is 0 Å². The quantitative estimate of drug-likeness (QED) is 0.774. The van der Waals surface area contributed by atoms with Crippen LogP contribution in [0.15, 0.2) is 24.3 Å². The van der Waals surface area contributed by atoms with Crippen molar-refractivity contribution >= 4 is 17.6 Å². The van der Waals surface area contributed by atoms with Gasteiger partial charge in [-0.25, -0.2) is 0 Å². The lowest BCUT2D eigenvalue weighted by Crippen LogP contribution is -2.36. The number of halogens is 1. The zero-order valence-corrected chi connectivity index (χ0v) is 11.4. The molecule has 1 N–H and O–H groups in total. The van der Waals surface area contributed by atoms with Crippen LogP contribution in [-0.4, -0.2) is 42.2 Å². The molecule has 0 aliphatic heterocycles. The van der Waals surface area contributed by atoms with Gasteiger partial charge in [0, 0.05) is 11.6 Å². The highest BCUT2D eigenvalue weighted by molar-refractivity contribution is 6.30. The molecule has 0 aromatic heterocycles. The maximum atomic E-state index is 10.7. The van der Waals surface area contributed by atoms with Gasteiger partial charge in [0.2, 0.25) is 0 Å². The molecule has 1 aromatic carbocycles. The molecule has 0 saturated heterocycles. The van der Waals surface area contributed by atoms with E-state index >= 15 is 0 Å². The summed E-state index contributed by atoms with van der Waals surface area (Å²) in [5.41, 5.74) is 0. The summed E-state index contributed by atoms with van der Waals surface area (Å²) in [5, 5.41) is 9.47. The fourth-order valence-corrected chi connectivity index (χ4v) is 1.62. The molecule has 0 aliphatic rings. The first kappa shape index (κ1) is 14.8. The van der Waals surface area contributed by atoms with Gasteiger partial charge in [0.1, 0.15) is 11.8 Å². The first-order valence-electron chi connectivity index (χ1n) is 5.82. The van der Waals surface area contributed by atoms with Gasteiger partial charge in [-0.2, -0.15) is 0 Å². The molecular weight excluding hydrogens is 254 g/mol. The minimum absolute atomic E-state index is 0.476. The number of ether oxygens (including phenoxy) is 1. The second-order valence-electron chi connectivity index (χ2n) is 4.15. The van der Waals surface area contributed by atoms with Gasteiger partial charge < -0.3 is 9.84 Å². The Morgan fingerprint density at radius 3 is 2.89 bits per heavy atom. The first-order chi connectivity index (χ1) is 8.50. The van der Waals surface area contributed by atoms with Crippen molar-refractivity contribution < 1.29 is 14.6 Å². The molecule has 1 unspecified atom stereocenters. The fraction of sp³-hybridized carbons (Fsp3) is 0.462. The molecule has 0 spiro atoms. The zero-order chi connectivity index (χ0) is 13.5. The Balaban J connectivity index is 2.25. The van der Waals surface area contributed by atoms with Gasteiger partial charge in [-0.1, -0.05) is 17.7 Å². The lowest BCUT2D eigenvalue weighted by molar-refractivity contribution is -0.142. The van der Waals surface area contributed by atoms with Gasteiger partial charge in [0.05, 0.1) is 6.61 Å². The molecule has 18 heavy (non-hydrogen) atoms. The van der Waals surface area contributed by atoms with E-state index in [2.05, 4.69) is 0 Å². The molecule has 0 fully saturated rings. The van der Waals surface area contributed by atoms with Crippen LogP contribution in [0.3, 0.4) is 0 Å². The second kappa shape index (κ2) is 7.24. The van der Waals surface area contributed by atoms with Crippen molar-refractivity contribution in [3.05, 3.63) is 29.3 Å². The van der Waals surface area contributed by atoms with Crippen LogP contribution in [0.5, 0.6) is 5.75 Å². The molecule has 0 amide bonds. The van der Waals surface area contributed by atoms with Gasteiger partial charge in [0.15, 0.2) is 0 Å². The SMILES string of the molecule is CC(C(=O)O)N(C)CCCOc1cccc(Cl)c1. The monoisotopic (exact) mass is 271 g/mol. The molecule has 1 rings (SSSR count). The summed E-state index contributed by atoms with van der Waals surface area (Å²) in [7, 11) is 1.79. The Bertz CT molecular complexity index is 398. The van der Waals surface area contributed by atoms with Crippen LogP contribution in [0.4, 0.5) is 0 Å². The number of nitrogens with zero attached hydrogens (tertiary/aromatic N) is 1. The number of likely N-dealkylation sites (N-methyl/N-ethyl adjacent to an activating group) is 1. The Hall–Kier alpha value is -1.26. The highest BCUT2D eigenvalue weighted by Gasteiger charge is 2.15. The minimum atomic E-state index is -0.812. The average molecular weight is 272 g/mol. The smallest absolute Gasteiger partial charge is 0.320 e. The number of carboxylic acid groups (broad SMARTS) is 1. The van der Waals surface area contributed by atoms with E-state index in [-0.39, 0.29) is 0 Å². The lowest BCUT2D eigenvalue weighted by Gasteiger charge is -2.20. The summed E-state index contributed by atoms with van der Waals surface area (Å²) in [5.74, 6) is -0.0790. The van der Waals surface area contributed by atoms with E-state index in [0.29, 0.717) is 18.2 Å². The Morgan fingerprint density at radius 1 is 1.56 bits per heavy atom. The van der Waals surface area contributed by atoms with Crippen molar-refractivity contribution in [3.8, 4) is 5.75 Å². The molecule has 1 aromatic rings. The van der Waals surface area contributed by atoms with Crippen LogP contribution in [-0.2, 0) is 4.79 Å². The lowest BCUT2D eigenvalue weighted by atomic mass is 10.3. The summed E-state index contributed by atoms with van der Waals surface area (Å²) >= 11 is 5.83. The van der Waals surface area contributed by atoms with E-state index in [0.717, 1.165) is 12.2 Å². The van der Waals surface area contributed by atoms with Crippen molar-refractivity contribution in [1.82, 2.24) is 4.90 Å². The topological polar surface area (TPSA) is 49.8 Å². The van der Waals surface area contributed by atoms with Crippen molar-refractivity contribution in [2.24, 2.45) is 0 Å².